The van der Waals surface area contributed by atoms with Crippen molar-refractivity contribution in [2.75, 3.05) is 6.54 Å². The molecule has 2 rings (SSSR count). The van der Waals surface area contributed by atoms with Crippen LogP contribution in [0.3, 0.4) is 0 Å². The molecule has 0 spiro atoms. The van der Waals surface area contributed by atoms with Crippen molar-refractivity contribution in [3.63, 3.8) is 0 Å². The second-order valence-electron chi connectivity index (χ2n) is 6.36. The molecule has 0 aromatic carbocycles. The third-order valence-electron chi connectivity index (χ3n) is 4.58. The van der Waals surface area contributed by atoms with Crippen LogP contribution >= 0.6 is 15.2 Å². The molecule has 156 valence electrons. The van der Waals surface area contributed by atoms with Gasteiger partial charge in [0.1, 0.15) is 0 Å². The molecule has 11 nitrogen and oxygen atoms in total. The first-order valence-corrected chi connectivity index (χ1v) is 11.3. The fourth-order valence-corrected chi connectivity index (χ4v) is 6.19. The number of rotatable bonds is 3. The fourth-order valence-electron chi connectivity index (χ4n) is 3.10. The van der Waals surface area contributed by atoms with Gasteiger partial charge in [-0.05, 0) is 19.3 Å². The van der Waals surface area contributed by atoms with Crippen molar-refractivity contribution in [1.29, 1.82) is 0 Å². The first-order chi connectivity index (χ1) is 11.5. The van der Waals surface area contributed by atoms with Gasteiger partial charge < -0.3 is 35.6 Å². The Bertz CT molecular complexity index is 512. The predicted molar refractivity (Wildman–Crippen MR) is 88.5 cm³/mol. The van der Waals surface area contributed by atoms with Crippen molar-refractivity contribution < 1.29 is 49.8 Å². The largest absolute Gasteiger partial charge is 2.00 e. The Morgan fingerprint density at radius 1 is 1.08 bits per heavy atom. The van der Waals surface area contributed by atoms with E-state index in [0.29, 0.717) is 12.8 Å². The van der Waals surface area contributed by atoms with Crippen LogP contribution < -0.4 is 14.7 Å². The Morgan fingerprint density at radius 2 is 1.58 bits per heavy atom. The molecular weight excluding hydrogens is 569 g/mol. The van der Waals surface area contributed by atoms with Crippen molar-refractivity contribution in [3.05, 3.63) is 16.4 Å². The molecule has 0 aromatic heterocycles. The zero-order valence-corrected chi connectivity index (χ0v) is 18.2. The third-order valence-corrected chi connectivity index (χ3v) is 8.89. The molecule has 1 aliphatic heterocycles. The van der Waals surface area contributed by atoms with E-state index in [1.54, 1.807) is 0 Å². The van der Waals surface area contributed by atoms with E-state index in [4.69, 9.17) is 20.9 Å². The number of nitrogens with zero attached hydrogens (tertiary/aromatic N) is 2. The average Bonchev–Trinajstić information content (AvgIpc) is 2.72. The molecule has 1 aliphatic carbocycles. The van der Waals surface area contributed by atoms with E-state index < -0.39 is 26.6 Å². The van der Waals surface area contributed by atoms with Gasteiger partial charge in [-0.2, -0.15) is 12.1 Å². The van der Waals surface area contributed by atoms with Gasteiger partial charge in [0.15, 0.2) is 7.60 Å². The van der Waals surface area contributed by atoms with Crippen LogP contribution in [0.15, 0.2) is 5.29 Å². The minimum absolute atomic E-state index is 0. The first-order valence-electron chi connectivity index (χ1n) is 8.10. The molecule has 14 heteroatoms. The van der Waals surface area contributed by atoms with Crippen LogP contribution in [0, 0.1) is 4.91 Å². The van der Waals surface area contributed by atoms with Crippen LogP contribution in [0.5, 0.6) is 0 Å². The van der Waals surface area contributed by atoms with E-state index in [1.165, 1.54) is 12.8 Å². The van der Waals surface area contributed by atoms with E-state index in [0.717, 1.165) is 12.8 Å². The normalized spacial score (nSPS) is 32.2. The van der Waals surface area contributed by atoms with Crippen LogP contribution in [0.25, 0.3) is 11.5 Å². The van der Waals surface area contributed by atoms with Crippen molar-refractivity contribution in [3.8, 4) is 0 Å². The second kappa shape index (κ2) is 10.7. The maximum atomic E-state index is 11.4. The van der Waals surface area contributed by atoms with E-state index in [9.17, 15) is 24.2 Å². The summed E-state index contributed by atoms with van der Waals surface area (Å²) in [6.07, 6.45) is 4.75. The molecule has 5 N–H and O–H groups in total. The molecule has 1 heterocycles. The summed E-state index contributed by atoms with van der Waals surface area (Å²) in [5.41, 5.74) is 14.6. The van der Waals surface area contributed by atoms with Gasteiger partial charge in [0.2, 0.25) is 5.02 Å². The predicted octanol–water partition coefficient (Wildman–Crippen LogP) is 0.731. The first kappa shape index (κ1) is 26.3. The summed E-state index contributed by atoms with van der Waals surface area (Å²) in [4.78, 5) is 51.6. The Morgan fingerprint density at radius 3 is 1.92 bits per heavy atom. The van der Waals surface area contributed by atoms with Crippen molar-refractivity contribution in [1.82, 2.24) is 5.01 Å². The van der Waals surface area contributed by atoms with Gasteiger partial charge in [-0.1, -0.05) is 32.1 Å². The summed E-state index contributed by atoms with van der Waals surface area (Å²) >= 11 is 0. The zero-order valence-electron chi connectivity index (χ0n) is 14.1. The molecule has 1 saturated heterocycles. The molecule has 2 fully saturated rings. The van der Waals surface area contributed by atoms with Crippen molar-refractivity contribution in [2.24, 2.45) is 5.29 Å². The Balaban J connectivity index is 0.000000583. The van der Waals surface area contributed by atoms with Gasteiger partial charge in [0, 0.05) is 6.54 Å². The van der Waals surface area contributed by atoms with Crippen LogP contribution in [0.1, 0.15) is 51.4 Å². The van der Waals surface area contributed by atoms with Gasteiger partial charge >= 0.3 is 28.7 Å². The maximum absolute atomic E-state index is 11.4. The van der Waals surface area contributed by atoms with Gasteiger partial charge in [-0.3, -0.25) is 0 Å². The van der Waals surface area contributed by atoms with E-state index in [-0.39, 0.29) is 51.1 Å². The summed E-state index contributed by atoms with van der Waals surface area (Å²) in [6, 6.07) is -0.160. The Kier molecular flexibility index (Phi) is 10.9. The molecule has 0 bridgehead atoms. The molecule has 26 heavy (non-hydrogen) atoms. The minimum Gasteiger partial charge on any atom is -0.766 e. The standard InChI is InChI=1S/C6H14N2O7P2.C6H12N2.Pt/c9-7-8-5-3-1-2-4-6(8,16(10,11)12)17(13,14)15;7-5-3-1-2-4-6(5)8;/h1-5H2,(H2,10,11,12)(H2,13,14,15);5-8H,1-4H2;/q;-2;+2/p-1. The van der Waals surface area contributed by atoms with Gasteiger partial charge in [0.05, 0.1) is 5.29 Å². The van der Waals surface area contributed by atoms with Crippen molar-refractivity contribution in [2.45, 2.75) is 68.5 Å². The molecular formula is C12H25N4O7P2Pt-. The molecule has 4 atom stereocenters. The maximum Gasteiger partial charge on any atom is 2.00 e. The van der Waals surface area contributed by atoms with E-state index in [1.807, 2.05) is 0 Å². The number of hydrogen-bond acceptors (Lipinski definition) is 6. The van der Waals surface area contributed by atoms with E-state index >= 15 is 0 Å². The number of nitrogens with one attached hydrogen (secondary N) is 2. The Hall–Kier alpha value is 0.308. The van der Waals surface area contributed by atoms with Gasteiger partial charge in [0.25, 0.3) is 0 Å². The fraction of sp³-hybridized carbons (Fsp3) is 1.00. The van der Waals surface area contributed by atoms with Gasteiger partial charge in [-0.15, -0.1) is 4.91 Å². The summed E-state index contributed by atoms with van der Waals surface area (Å²) < 4.78 is 20.5. The topological polar surface area (TPSA) is 211 Å². The van der Waals surface area contributed by atoms with Crippen molar-refractivity contribution >= 4 is 15.2 Å². The monoisotopic (exact) mass is 594 g/mol. The summed E-state index contributed by atoms with van der Waals surface area (Å²) in [5, 5.41) is -0.307. The SMILES string of the molecule is O=NN1CCCCCC1(P(=O)([O-])[OH2+])P([O-])([O-])=[OH+].[NH-]C1CCCCC1[NH-].[Pt+2]. The summed E-state index contributed by atoms with van der Waals surface area (Å²) in [6.45, 7) is -0.221. The zero-order chi connectivity index (χ0) is 19.3. The smallest absolute Gasteiger partial charge is 0.766 e. The summed E-state index contributed by atoms with van der Waals surface area (Å²) in [5.74, 6) is 0. The second-order valence-corrected chi connectivity index (χ2v) is 10.3. The van der Waals surface area contributed by atoms with Crippen LogP contribution in [-0.2, 0) is 25.6 Å². The molecule has 0 amide bonds. The van der Waals surface area contributed by atoms with Crippen LogP contribution in [0.2, 0.25) is 0 Å². The van der Waals surface area contributed by atoms with Crippen LogP contribution in [0.4, 0.5) is 0 Å². The number of hydrogen-bond donors (Lipinski definition) is 0. The van der Waals surface area contributed by atoms with E-state index in [2.05, 4.69) is 5.29 Å². The third kappa shape index (κ3) is 6.16. The quantitative estimate of drug-likeness (QED) is 0.261. The summed E-state index contributed by atoms with van der Waals surface area (Å²) in [7, 11) is -10.8. The molecule has 0 aromatic rings. The van der Waals surface area contributed by atoms with Gasteiger partial charge in [-0.25, -0.2) is 9.57 Å². The molecule has 0 radical (unpaired) electrons. The number of nitroso groups, excluding NO2 is 1. The Labute approximate surface area is 166 Å². The van der Waals surface area contributed by atoms with Crippen LogP contribution in [-0.4, -0.2) is 38.1 Å². The minimum atomic E-state index is -5.48. The molecule has 2 aliphatic rings. The average molecular weight is 594 g/mol. The molecule has 4 unspecified atom stereocenters. The molecule has 1 saturated carbocycles.